The number of nitrogens with zero attached hydrogens (tertiary/aromatic N) is 4. The highest BCUT2D eigenvalue weighted by molar-refractivity contribution is 5.64. The van der Waals surface area contributed by atoms with Crippen LogP contribution in [0.4, 0.5) is 19.1 Å². The molecule has 3 atom stereocenters. The Morgan fingerprint density at radius 3 is 2.29 bits per heavy atom. The Morgan fingerprint density at radius 2 is 1.68 bits per heavy atom. The molecule has 0 amide bonds. The van der Waals surface area contributed by atoms with E-state index in [1.165, 1.54) is 12.3 Å². The third-order valence-electron chi connectivity index (χ3n) is 6.26. The van der Waals surface area contributed by atoms with Crippen molar-refractivity contribution < 1.29 is 17.9 Å². The number of fused-ring (bicyclic) bond motifs is 1. The highest BCUT2D eigenvalue weighted by atomic mass is 19.1. The minimum atomic E-state index is -0.844. The molecule has 5 nitrogen and oxygen atoms in total. The molecule has 3 heterocycles. The summed E-state index contributed by atoms with van der Waals surface area (Å²) in [5.74, 6) is -0.956. The molecule has 2 aromatic heterocycles. The summed E-state index contributed by atoms with van der Waals surface area (Å²) < 4.78 is 48.4. The van der Waals surface area contributed by atoms with E-state index in [1.807, 2.05) is 12.4 Å². The summed E-state index contributed by atoms with van der Waals surface area (Å²) in [6.45, 7) is 3.94. The van der Waals surface area contributed by atoms with Crippen molar-refractivity contribution >= 4 is 5.95 Å². The van der Waals surface area contributed by atoms with Crippen LogP contribution in [0.2, 0.25) is 0 Å². The van der Waals surface area contributed by atoms with Crippen LogP contribution in [-0.4, -0.2) is 34.6 Å². The third-order valence-corrected chi connectivity index (χ3v) is 6.26. The molecule has 5 rings (SSSR count). The first-order valence-electron chi connectivity index (χ1n) is 10.3. The van der Waals surface area contributed by atoms with Crippen molar-refractivity contribution in [3.05, 3.63) is 66.0 Å². The third kappa shape index (κ3) is 3.71. The second-order valence-electron chi connectivity index (χ2n) is 8.08. The summed E-state index contributed by atoms with van der Waals surface area (Å²) >= 11 is 0. The van der Waals surface area contributed by atoms with Crippen LogP contribution < -0.4 is 9.64 Å². The quantitative estimate of drug-likeness (QED) is 0.589. The first kappa shape index (κ1) is 19.8. The predicted molar refractivity (Wildman–Crippen MR) is 109 cm³/mol. The average molecular weight is 426 g/mol. The largest absolute Gasteiger partial charge is 0.487 e. The molecule has 0 spiro atoms. The molecule has 1 aliphatic carbocycles. The molecule has 1 unspecified atom stereocenters. The smallest absolute Gasteiger partial charge is 0.225 e. The van der Waals surface area contributed by atoms with Crippen LogP contribution in [-0.2, 0) is 6.42 Å². The molecule has 2 aliphatic rings. The van der Waals surface area contributed by atoms with E-state index in [1.54, 1.807) is 0 Å². The zero-order chi connectivity index (χ0) is 21.5. The number of hydrogen-bond donors (Lipinski definition) is 0. The van der Waals surface area contributed by atoms with Crippen molar-refractivity contribution in [3.8, 4) is 16.9 Å². The maximum Gasteiger partial charge on any atom is 0.225 e. The lowest BCUT2D eigenvalue weighted by Crippen LogP contribution is -2.27. The number of benzene rings is 1. The zero-order valence-electron chi connectivity index (χ0n) is 16.9. The highest BCUT2D eigenvalue weighted by Gasteiger charge is 2.56. The van der Waals surface area contributed by atoms with Gasteiger partial charge in [0.25, 0.3) is 0 Å². The molecular weight excluding hydrogens is 405 g/mol. The second-order valence-corrected chi connectivity index (χ2v) is 8.08. The van der Waals surface area contributed by atoms with Gasteiger partial charge < -0.3 is 9.64 Å². The van der Waals surface area contributed by atoms with Crippen molar-refractivity contribution in [2.75, 3.05) is 24.6 Å². The van der Waals surface area contributed by atoms with Crippen molar-refractivity contribution in [2.24, 2.45) is 17.8 Å². The summed E-state index contributed by atoms with van der Waals surface area (Å²) in [5.41, 5.74) is 1.29. The highest BCUT2D eigenvalue weighted by Crippen LogP contribution is 2.52. The number of pyridine rings is 1. The first-order chi connectivity index (χ1) is 15.0. The monoisotopic (exact) mass is 426 g/mol. The molecule has 8 heteroatoms. The zero-order valence-corrected chi connectivity index (χ0v) is 16.9. The van der Waals surface area contributed by atoms with E-state index in [0.717, 1.165) is 49.4 Å². The molecule has 1 aliphatic heterocycles. The summed E-state index contributed by atoms with van der Waals surface area (Å²) in [6.07, 6.45) is 6.97. The number of aromatic nitrogens is 3. The van der Waals surface area contributed by atoms with Crippen molar-refractivity contribution in [1.82, 2.24) is 15.0 Å². The van der Waals surface area contributed by atoms with E-state index in [0.29, 0.717) is 11.8 Å². The number of aryl methyl sites for hydroxylation is 1. The Kier molecular flexibility index (Phi) is 5.00. The van der Waals surface area contributed by atoms with Crippen LogP contribution in [0.5, 0.6) is 5.75 Å². The van der Waals surface area contributed by atoms with Gasteiger partial charge in [-0.15, -0.1) is 0 Å². The number of halogens is 3. The van der Waals surface area contributed by atoms with Gasteiger partial charge in [-0.05, 0) is 47.6 Å². The molecule has 0 bridgehead atoms. The number of anilines is 1. The minimum absolute atomic E-state index is 0.0883. The summed E-state index contributed by atoms with van der Waals surface area (Å²) in [4.78, 5) is 14.6. The Bertz CT molecular complexity index is 1070. The van der Waals surface area contributed by atoms with Gasteiger partial charge in [0.2, 0.25) is 5.95 Å². The molecule has 1 saturated carbocycles. The number of rotatable bonds is 6. The van der Waals surface area contributed by atoms with Crippen molar-refractivity contribution in [2.45, 2.75) is 13.3 Å². The van der Waals surface area contributed by atoms with Crippen LogP contribution in [0.3, 0.4) is 0 Å². The van der Waals surface area contributed by atoms with Crippen LogP contribution in [0, 0.1) is 35.2 Å². The molecule has 1 aromatic carbocycles. The van der Waals surface area contributed by atoms with Gasteiger partial charge in [0.1, 0.15) is 5.82 Å². The molecule has 160 valence electrons. The molecule has 0 N–H and O–H groups in total. The van der Waals surface area contributed by atoms with Crippen molar-refractivity contribution in [1.29, 1.82) is 0 Å². The molecule has 0 radical (unpaired) electrons. The van der Waals surface area contributed by atoms with Gasteiger partial charge in [-0.1, -0.05) is 6.92 Å². The van der Waals surface area contributed by atoms with E-state index >= 15 is 0 Å². The summed E-state index contributed by atoms with van der Waals surface area (Å²) in [5, 5.41) is 0. The van der Waals surface area contributed by atoms with Crippen LogP contribution in [0.15, 0.2) is 43.0 Å². The van der Waals surface area contributed by atoms with Gasteiger partial charge in [-0.2, -0.15) is 0 Å². The van der Waals surface area contributed by atoms with Gasteiger partial charge in [-0.3, -0.25) is 4.98 Å². The fraction of sp³-hybridized carbons (Fsp3) is 0.348. The Labute approximate surface area is 177 Å². The topological polar surface area (TPSA) is 51.1 Å². The van der Waals surface area contributed by atoms with E-state index in [4.69, 9.17) is 4.74 Å². The predicted octanol–water partition coefficient (Wildman–Crippen LogP) is 4.28. The van der Waals surface area contributed by atoms with Crippen LogP contribution in [0.25, 0.3) is 11.1 Å². The van der Waals surface area contributed by atoms with E-state index in [9.17, 15) is 13.2 Å². The van der Waals surface area contributed by atoms with Crippen LogP contribution in [0.1, 0.15) is 12.5 Å². The summed E-state index contributed by atoms with van der Waals surface area (Å²) in [7, 11) is 0. The first-order valence-corrected chi connectivity index (χ1v) is 10.3. The maximum absolute atomic E-state index is 14.5. The lowest BCUT2D eigenvalue weighted by atomic mass is 10.1. The SMILES string of the molecule is CCc1cnc(N2C[C@@H]3C(COc4c(F)cc(-c5ccncc5F)cc4F)[C@@H]3C2)nc1. The Hall–Kier alpha value is -3.16. The molecule has 1 saturated heterocycles. The maximum atomic E-state index is 14.5. The fourth-order valence-electron chi connectivity index (χ4n) is 4.40. The average Bonchev–Trinajstić information content (AvgIpc) is 3.22. The van der Waals surface area contributed by atoms with Gasteiger partial charge in [0.05, 0.1) is 12.8 Å². The van der Waals surface area contributed by atoms with E-state index < -0.39 is 23.2 Å². The van der Waals surface area contributed by atoms with Gasteiger partial charge in [-0.25, -0.2) is 23.1 Å². The number of ether oxygens (including phenoxy) is 1. The Balaban J connectivity index is 1.21. The minimum Gasteiger partial charge on any atom is -0.487 e. The fourth-order valence-corrected chi connectivity index (χ4v) is 4.40. The Morgan fingerprint density at radius 1 is 1.00 bits per heavy atom. The molecule has 31 heavy (non-hydrogen) atoms. The van der Waals surface area contributed by atoms with Crippen molar-refractivity contribution in [3.63, 3.8) is 0 Å². The lowest BCUT2D eigenvalue weighted by molar-refractivity contribution is 0.257. The van der Waals surface area contributed by atoms with Gasteiger partial charge in [0.15, 0.2) is 17.4 Å². The lowest BCUT2D eigenvalue weighted by Gasteiger charge is -2.20. The van der Waals surface area contributed by atoms with Crippen LogP contribution >= 0.6 is 0 Å². The van der Waals surface area contributed by atoms with E-state index in [2.05, 4.69) is 26.8 Å². The number of piperidine rings is 1. The number of hydrogen-bond acceptors (Lipinski definition) is 5. The molecular formula is C23H21F3N4O. The summed E-state index contributed by atoms with van der Waals surface area (Å²) in [6, 6.07) is 3.55. The van der Waals surface area contributed by atoms with Gasteiger partial charge in [0, 0.05) is 43.2 Å². The second kappa shape index (κ2) is 7.83. The van der Waals surface area contributed by atoms with E-state index in [-0.39, 0.29) is 23.7 Å². The normalized spacial score (nSPS) is 21.8. The van der Waals surface area contributed by atoms with Gasteiger partial charge >= 0.3 is 0 Å². The standard InChI is InChI=1S/C23H21F3N4O/c1-2-13-7-28-23(29-8-13)30-10-16-17(11-30)18(16)12-31-22-19(24)5-14(6-20(22)25)15-3-4-27-9-21(15)26/h3-9,16-18H,2,10-12H2,1H3/t16-,17+,18?. The molecule has 3 aromatic rings. The molecule has 2 fully saturated rings.